The number of anilines is 1. The van der Waals surface area contributed by atoms with Gasteiger partial charge in [-0.1, -0.05) is 59.9 Å². The first-order valence-corrected chi connectivity index (χ1v) is 9.64. The molecule has 1 heterocycles. The van der Waals surface area contributed by atoms with Crippen molar-refractivity contribution >= 4 is 22.4 Å². The lowest BCUT2D eigenvalue weighted by atomic mass is 10.1. The van der Waals surface area contributed by atoms with E-state index in [2.05, 4.69) is 27.8 Å². The van der Waals surface area contributed by atoms with Crippen LogP contribution >= 0.6 is 11.3 Å². The molecule has 0 saturated carbocycles. The van der Waals surface area contributed by atoms with Crippen molar-refractivity contribution in [2.45, 2.75) is 19.9 Å². The van der Waals surface area contributed by atoms with Gasteiger partial charge in [0.05, 0.1) is 12.8 Å². The number of benzene rings is 2. The predicted molar refractivity (Wildman–Crippen MR) is 110 cm³/mol. The van der Waals surface area contributed by atoms with E-state index in [1.165, 1.54) is 16.9 Å². The van der Waals surface area contributed by atoms with E-state index < -0.39 is 0 Å². The van der Waals surface area contributed by atoms with Crippen molar-refractivity contribution in [3.63, 3.8) is 0 Å². The van der Waals surface area contributed by atoms with Crippen LogP contribution in [0.2, 0.25) is 0 Å². The molecule has 0 bridgehead atoms. The SMILES string of the molecule is COc1ccccc1CCNC(=O)c1sc(NCc2ccccc2)nc1C. The van der Waals surface area contributed by atoms with E-state index in [1.54, 1.807) is 7.11 Å². The van der Waals surface area contributed by atoms with Gasteiger partial charge in [0.1, 0.15) is 10.6 Å². The number of rotatable bonds is 8. The van der Waals surface area contributed by atoms with E-state index in [0.717, 1.165) is 22.1 Å². The molecule has 1 aromatic heterocycles. The van der Waals surface area contributed by atoms with Crippen molar-refractivity contribution in [3.8, 4) is 5.75 Å². The van der Waals surface area contributed by atoms with Crippen LogP contribution in [-0.4, -0.2) is 24.5 Å². The fourth-order valence-electron chi connectivity index (χ4n) is 2.76. The van der Waals surface area contributed by atoms with Crippen LogP contribution in [0, 0.1) is 6.92 Å². The number of aromatic nitrogens is 1. The summed E-state index contributed by atoms with van der Waals surface area (Å²) in [6.45, 7) is 3.09. The van der Waals surface area contributed by atoms with E-state index in [4.69, 9.17) is 4.74 Å². The zero-order valence-electron chi connectivity index (χ0n) is 15.5. The first-order valence-electron chi connectivity index (χ1n) is 8.82. The molecule has 3 aromatic rings. The number of hydrogen-bond donors (Lipinski definition) is 2. The Kier molecular flexibility index (Phi) is 6.44. The van der Waals surface area contributed by atoms with Gasteiger partial charge in [0, 0.05) is 13.1 Å². The molecule has 2 N–H and O–H groups in total. The topological polar surface area (TPSA) is 63.2 Å². The van der Waals surface area contributed by atoms with Crippen molar-refractivity contribution in [1.29, 1.82) is 0 Å². The third-order valence-corrected chi connectivity index (χ3v) is 5.28. The highest BCUT2D eigenvalue weighted by Crippen LogP contribution is 2.23. The maximum Gasteiger partial charge on any atom is 0.263 e. The van der Waals surface area contributed by atoms with Crippen LogP contribution in [0.15, 0.2) is 54.6 Å². The number of ether oxygens (including phenoxy) is 1. The number of hydrogen-bond acceptors (Lipinski definition) is 5. The highest BCUT2D eigenvalue weighted by Gasteiger charge is 2.15. The Bertz CT molecular complexity index is 893. The van der Waals surface area contributed by atoms with Crippen LogP contribution in [0.25, 0.3) is 0 Å². The molecular formula is C21H23N3O2S. The number of para-hydroxylation sites is 1. The summed E-state index contributed by atoms with van der Waals surface area (Å²) in [6.07, 6.45) is 0.715. The minimum absolute atomic E-state index is 0.0901. The molecule has 1 amide bonds. The molecule has 0 unspecified atom stereocenters. The van der Waals surface area contributed by atoms with E-state index in [0.29, 0.717) is 24.4 Å². The highest BCUT2D eigenvalue weighted by atomic mass is 32.1. The lowest BCUT2D eigenvalue weighted by Crippen LogP contribution is -2.25. The second-order valence-corrected chi connectivity index (χ2v) is 7.09. The number of nitrogens with one attached hydrogen (secondary N) is 2. The third kappa shape index (κ3) is 5.08. The van der Waals surface area contributed by atoms with E-state index >= 15 is 0 Å². The number of carbonyl (C=O) groups is 1. The summed E-state index contributed by atoms with van der Waals surface area (Å²) in [5.41, 5.74) is 2.99. The summed E-state index contributed by atoms with van der Waals surface area (Å²) >= 11 is 1.38. The summed E-state index contributed by atoms with van der Waals surface area (Å²) < 4.78 is 5.34. The molecule has 6 heteroatoms. The minimum atomic E-state index is -0.0901. The first kappa shape index (κ1) is 18.9. The number of carbonyl (C=O) groups excluding carboxylic acids is 1. The zero-order valence-corrected chi connectivity index (χ0v) is 16.3. The second-order valence-electron chi connectivity index (χ2n) is 6.09. The average molecular weight is 382 g/mol. The normalized spacial score (nSPS) is 10.4. The molecule has 0 saturated heterocycles. The molecule has 3 rings (SSSR count). The maximum absolute atomic E-state index is 12.5. The van der Waals surface area contributed by atoms with Crippen molar-refractivity contribution in [1.82, 2.24) is 10.3 Å². The smallest absolute Gasteiger partial charge is 0.263 e. The fourth-order valence-corrected chi connectivity index (χ4v) is 3.64. The van der Waals surface area contributed by atoms with Gasteiger partial charge in [0.2, 0.25) is 0 Å². The molecule has 0 aliphatic rings. The lowest BCUT2D eigenvalue weighted by Gasteiger charge is -2.08. The second kappa shape index (κ2) is 9.19. The van der Waals surface area contributed by atoms with Gasteiger partial charge in [-0.3, -0.25) is 4.79 Å². The summed E-state index contributed by atoms with van der Waals surface area (Å²) in [6, 6.07) is 17.9. The summed E-state index contributed by atoms with van der Waals surface area (Å²) in [5.74, 6) is 0.751. The Balaban J connectivity index is 1.54. The molecule has 2 aromatic carbocycles. The molecule has 27 heavy (non-hydrogen) atoms. The molecular weight excluding hydrogens is 358 g/mol. The van der Waals surface area contributed by atoms with Gasteiger partial charge in [-0.15, -0.1) is 0 Å². The van der Waals surface area contributed by atoms with E-state index in [-0.39, 0.29) is 5.91 Å². The number of amides is 1. The van der Waals surface area contributed by atoms with Gasteiger partial charge in [-0.05, 0) is 30.5 Å². The Morgan fingerprint density at radius 3 is 2.63 bits per heavy atom. The van der Waals surface area contributed by atoms with Gasteiger partial charge in [-0.2, -0.15) is 0 Å². The van der Waals surface area contributed by atoms with Gasteiger partial charge in [0.15, 0.2) is 5.13 Å². The van der Waals surface area contributed by atoms with Crippen LogP contribution in [0.4, 0.5) is 5.13 Å². The van der Waals surface area contributed by atoms with Crippen molar-refractivity contribution in [2.24, 2.45) is 0 Å². The molecule has 0 fully saturated rings. The molecule has 0 spiro atoms. The van der Waals surface area contributed by atoms with Crippen LogP contribution in [0.5, 0.6) is 5.75 Å². The van der Waals surface area contributed by atoms with E-state index in [9.17, 15) is 4.79 Å². The van der Waals surface area contributed by atoms with Gasteiger partial charge in [0.25, 0.3) is 5.91 Å². The van der Waals surface area contributed by atoms with Crippen molar-refractivity contribution in [3.05, 3.63) is 76.3 Å². The van der Waals surface area contributed by atoms with E-state index in [1.807, 2.05) is 49.4 Å². The fraction of sp³-hybridized carbons (Fsp3) is 0.238. The van der Waals surface area contributed by atoms with Crippen LogP contribution in [-0.2, 0) is 13.0 Å². The zero-order chi connectivity index (χ0) is 19.1. The molecule has 0 atom stereocenters. The molecule has 0 aliphatic heterocycles. The van der Waals surface area contributed by atoms with Crippen molar-refractivity contribution < 1.29 is 9.53 Å². The van der Waals surface area contributed by atoms with Crippen LogP contribution < -0.4 is 15.4 Å². The average Bonchev–Trinajstić information content (AvgIpc) is 3.08. The first-order chi connectivity index (χ1) is 13.2. The Labute approximate surface area is 163 Å². The third-order valence-electron chi connectivity index (χ3n) is 4.16. The highest BCUT2D eigenvalue weighted by molar-refractivity contribution is 7.17. The molecule has 140 valence electrons. The quantitative estimate of drug-likeness (QED) is 0.618. The van der Waals surface area contributed by atoms with Crippen LogP contribution in [0.3, 0.4) is 0 Å². The number of thiazole rings is 1. The number of methoxy groups -OCH3 is 1. The Morgan fingerprint density at radius 2 is 1.85 bits per heavy atom. The van der Waals surface area contributed by atoms with Crippen LogP contribution in [0.1, 0.15) is 26.5 Å². The molecule has 5 nitrogen and oxygen atoms in total. The van der Waals surface area contributed by atoms with Crippen molar-refractivity contribution in [2.75, 3.05) is 19.0 Å². The lowest BCUT2D eigenvalue weighted by molar-refractivity contribution is 0.0957. The minimum Gasteiger partial charge on any atom is -0.496 e. The monoisotopic (exact) mass is 381 g/mol. The Hall–Kier alpha value is -2.86. The largest absolute Gasteiger partial charge is 0.496 e. The number of nitrogens with zero attached hydrogens (tertiary/aromatic N) is 1. The summed E-state index contributed by atoms with van der Waals surface area (Å²) in [4.78, 5) is 17.6. The Morgan fingerprint density at radius 1 is 1.11 bits per heavy atom. The predicted octanol–water partition coefficient (Wildman–Crippen LogP) is 4.04. The van der Waals surface area contributed by atoms with Gasteiger partial charge in [-0.25, -0.2) is 4.98 Å². The van der Waals surface area contributed by atoms with Gasteiger partial charge >= 0.3 is 0 Å². The molecule has 0 aliphatic carbocycles. The van der Waals surface area contributed by atoms with Gasteiger partial charge < -0.3 is 15.4 Å². The summed E-state index contributed by atoms with van der Waals surface area (Å²) in [5, 5.41) is 7.02. The maximum atomic E-state index is 12.5. The standard InChI is InChI=1S/C21H23N3O2S/c1-15-19(27-21(24-15)23-14-16-8-4-3-5-9-16)20(25)22-13-12-17-10-6-7-11-18(17)26-2/h3-11H,12-14H2,1-2H3,(H,22,25)(H,23,24). The summed E-state index contributed by atoms with van der Waals surface area (Å²) in [7, 11) is 1.65. The number of aryl methyl sites for hydroxylation is 1. The molecule has 0 radical (unpaired) electrons.